The number of carboxylic acid groups (broad SMARTS) is 2. The van der Waals surface area contributed by atoms with Crippen molar-refractivity contribution in [1.29, 1.82) is 0 Å². The minimum Gasteiger partial charge on any atom is -0.477 e. The van der Waals surface area contributed by atoms with Crippen LogP contribution < -0.4 is 0 Å². The third-order valence-electron chi connectivity index (χ3n) is 1.19. The fourth-order valence-corrected chi connectivity index (χ4v) is 0.673. The van der Waals surface area contributed by atoms with Crippen LogP contribution >= 0.6 is 0 Å². The van der Waals surface area contributed by atoms with Gasteiger partial charge in [-0.25, -0.2) is 14.6 Å². The molecular weight excluding hydrogens is 208 g/mol. The summed E-state index contributed by atoms with van der Waals surface area (Å²) in [5.41, 5.74) is -0.537. The smallest absolute Gasteiger partial charge is 0.354 e. The third kappa shape index (κ3) is 4.54. The summed E-state index contributed by atoms with van der Waals surface area (Å²) in [5.74, 6) is -2.48. The molecule has 1 rings (SSSR count). The number of hydrogen-bond donors (Lipinski definition) is 2. The molecule has 14 heavy (non-hydrogen) atoms. The molecule has 0 saturated heterocycles. The fraction of sp³-hybridized carbons (Fsp3) is 0. The first-order valence-electron chi connectivity index (χ1n) is 3.05. The summed E-state index contributed by atoms with van der Waals surface area (Å²) in [6, 6.07) is 3.80. The number of aromatic carboxylic acids is 2. The van der Waals surface area contributed by atoms with E-state index < -0.39 is 11.9 Å². The number of nitrogens with zero attached hydrogens (tertiary/aromatic N) is 1. The molecule has 0 fully saturated rings. The molecule has 2 N–H and O–H groups in total. The van der Waals surface area contributed by atoms with Gasteiger partial charge in [0.05, 0.1) is 0 Å². The normalized spacial score (nSPS) is 8.00. The number of aromatic nitrogens is 1. The Balaban J connectivity index is 0. The van der Waals surface area contributed by atoms with Gasteiger partial charge in [0.25, 0.3) is 0 Å². The summed E-state index contributed by atoms with van der Waals surface area (Å²) < 4.78 is 0. The van der Waals surface area contributed by atoms with Gasteiger partial charge in [0.1, 0.15) is 11.4 Å². The van der Waals surface area contributed by atoms with Crippen LogP contribution in [0.5, 0.6) is 0 Å². The number of pyridine rings is 1. The monoisotopic (exact) mass is 213 g/mol. The second-order valence-electron chi connectivity index (χ2n) is 2.02. The molecular formula is C7H5NNa2O4. The largest absolute Gasteiger partial charge is 0.477 e. The van der Waals surface area contributed by atoms with Gasteiger partial charge in [-0.05, 0) is 12.1 Å². The molecule has 0 aliphatic carbocycles. The molecule has 7 heteroatoms. The molecule has 0 aliphatic heterocycles. The molecule has 0 bridgehead atoms. The maximum absolute atomic E-state index is 10.3. The van der Waals surface area contributed by atoms with Gasteiger partial charge in [-0.15, -0.1) is 0 Å². The summed E-state index contributed by atoms with van der Waals surface area (Å²) in [5, 5.41) is 16.9. The predicted octanol–water partition coefficient (Wildman–Crippen LogP) is -0.284. The van der Waals surface area contributed by atoms with E-state index in [9.17, 15) is 9.59 Å². The van der Waals surface area contributed by atoms with Gasteiger partial charge < -0.3 is 10.2 Å². The number of rotatable bonds is 2. The Bertz CT molecular complexity index is 313. The Labute approximate surface area is 124 Å². The average Bonchev–Trinajstić information content (AvgIpc) is 2.04. The maximum Gasteiger partial charge on any atom is 0.354 e. The van der Waals surface area contributed by atoms with Gasteiger partial charge in [-0.1, -0.05) is 6.07 Å². The summed E-state index contributed by atoms with van der Waals surface area (Å²) >= 11 is 0. The standard InChI is InChI=1S/C7H5NO4.2Na/c9-6(10)4-2-1-3-5(8-4)7(11)12;;/h1-3H,(H,9,10)(H,11,12);;. The van der Waals surface area contributed by atoms with Crippen molar-refractivity contribution in [3.8, 4) is 0 Å². The average molecular weight is 213 g/mol. The molecule has 2 radical (unpaired) electrons. The summed E-state index contributed by atoms with van der Waals surface area (Å²) in [4.78, 5) is 24.0. The van der Waals surface area contributed by atoms with E-state index in [0.717, 1.165) is 0 Å². The van der Waals surface area contributed by atoms with Gasteiger partial charge in [0.15, 0.2) is 0 Å². The molecule has 0 unspecified atom stereocenters. The Hall–Kier alpha value is 0.0900. The molecule has 0 aliphatic rings. The van der Waals surface area contributed by atoms with Crippen LogP contribution in [0.15, 0.2) is 18.2 Å². The zero-order valence-corrected chi connectivity index (χ0v) is 11.9. The van der Waals surface area contributed by atoms with E-state index in [2.05, 4.69) is 4.98 Å². The van der Waals surface area contributed by atoms with Crippen molar-refractivity contribution in [3.63, 3.8) is 0 Å². The first kappa shape index (κ1) is 16.5. The van der Waals surface area contributed by atoms with Crippen LogP contribution in [0, 0.1) is 0 Å². The molecule has 1 aromatic rings. The maximum atomic E-state index is 10.3. The minimum atomic E-state index is -1.24. The number of hydrogen-bond acceptors (Lipinski definition) is 3. The molecule has 64 valence electrons. The minimum absolute atomic E-state index is 0. The van der Waals surface area contributed by atoms with E-state index in [-0.39, 0.29) is 70.5 Å². The van der Waals surface area contributed by atoms with E-state index in [4.69, 9.17) is 10.2 Å². The topological polar surface area (TPSA) is 87.5 Å². The molecule has 5 nitrogen and oxygen atoms in total. The SMILES string of the molecule is O=C(O)c1cccc(C(=O)O)n1.[Na].[Na]. The Morgan fingerprint density at radius 1 is 1.00 bits per heavy atom. The van der Waals surface area contributed by atoms with Gasteiger partial charge >= 0.3 is 11.9 Å². The van der Waals surface area contributed by atoms with Crippen molar-refractivity contribution in [1.82, 2.24) is 4.98 Å². The van der Waals surface area contributed by atoms with E-state index >= 15 is 0 Å². The van der Waals surface area contributed by atoms with Gasteiger partial charge in [0, 0.05) is 59.1 Å². The van der Waals surface area contributed by atoms with Crippen molar-refractivity contribution < 1.29 is 19.8 Å². The Morgan fingerprint density at radius 3 is 1.64 bits per heavy atom. The number of carboxylic acids is 2. The van der Waals surface area contributed by atoms with Crippen molar-refractivity contribution in [3.05, 3.63) is 29.6 Å². The quantitative estimate of drug-likeness (QED) is 0.659. The molecule has 1 heterocycles. The summed E-state index contributed by atoms with van der Waals surface area (Å²) in [7, 11) is 0. The van der Waals surface area contributed by atoms with Crippen LogP contribution in [0.3, 0.4) is 0 Å². The second kappa shape index (κ2) is 7.39. The zero-order valence-electron chi connectivity index (χ0n) is 7.89. The first-order valence-corrected chi connectivity index (χ1v) is 3.05. The van der Waals surface area contributed by atoms with Crippen molar-refractivity contribution in [2.24, 2.45) is 0 Å². The summed E-state index contributed by atoms with van der Waals surface area (Å²) in [6.45, 7) is 0. The summed E-state index contributed by atoms with van der Waals surface area (Å²) in [6.07, 6.45) is 0. The van der Waals surface area contributed by atoms with E-state index in [0.29, 0.717) is 0 Å². The van der Waals surface area contributed by atoms with Crippen molar-refractivity contribution >= 4 is 71.1 Å². The third-order valence-corrected chi connectivity index (χ3v) is 1.19. The van der Waals surface area contributed by atoms with Crippen LogP contribution in [0.1, 0.15) is 21.0 Å². The van der Waals surface area contributed by atoms with Crippen LogP contribution in [0.4, 0.5) is 0 Å². The van der Waals surface area contributed by atoms with E-state index in [1.807, 2.05) is 0 Å². The molecule has 0 aromatic carbocycles. The molecule has 0 spiro atoms. The predicted molar refractivity (Wildman–Crippen MR) is 49.7 cm³/mol. The van der Waals surface area contributed by atoms with Crippen LogP contribution in [-0.4, -0.2) is 86.3 Å². The second-order valence-corrected chi connectivity index (χ2v) is 2.02. The van der Waals surface area contributed by atoms with E-state index in [1.165, 1.54) is 18.2 Å². The fourth-order valence-electron chi connectivity index (χ4n) is 0.673. The van der Waals surface area contributed by atoms with Gasteiger partial charge in [-0.3, -0.25) is 0 Å². The zero-order chi connectivity index (χ0) is 9.14. The Morgan fingerprint density at radius 2 is 1.36 bits per heavy atom. The first-order chi connectivity index (χ1) is 5.61. The molecule has 0 saturated carbocycles. The molecule has 0 atom stereocenters. The number of carbonyl (C=O) groups is 2. The molecule has 1 aromatic heterocycles. The molecule has 0 amide bonds. The van der Waals surface area contributed by atoms with Crippen molar-refractivity contribution in [2.75, 3.05) is 0 Å². The van der Waals surface area contributed by atoms with Crippen LogP contribution in [-0.2, 0) is 0 Å². The van der Waals surface area contributed by atoms with Crippen LogP contribution in [0.25, 0.3) is 0 Å². The van der Waals surface area contributed by atoms with E-state index in [1.54, 1.807) is 0 Å². The van der Waals surface area contributed by atoms with Gasteiger partial charge in [0.2, 0.25) is 0 Å². The Kier molecular flexibility index (Phi) is 8.72. The van der Waals surface area contributed by atoms with Crippen LogP contribution in [0.2, 0.25) is 0 Å². The van der Waals surface area contributed by atoms with Crippen molar-refractivity contribution in [2.45, 2.75) is 0 Å². The van der Waals surface area contributed by atoms with Gasteiger partial charge in [-0.2, -0.15) is 0 Å².